The first-order valence-electron chi connectivity index (χ1n) is 20.0. The Morgan fingerprint density at radius 1 is 0.708 bits per heavy atom. The number of amides is 1. The molecule has 2 heterocycles. The number of hydrogen-bond acceptors (Lipinski definition) is 16. The third-order valence-corrected chi connectivity index (χ3v) is 11.6. The summed E-state index contributed by atoms with van der Waals surface area (Å²) < 4.78 is 29.1. The molecule has 1 amide bonds. The van der Waals surface area contributed by atoms with Gasteiger partial charge in [0.05, 0.1) is 42.9 Å². The van der Waals surface area contributed by atoms with Gasteiger partial charge in [0.15, 0.2) is 23.5 Å². The smallest absolute Gasteiger partial charge is 0.344 e. The van der Waals surface area contributed by atoms with Crippen molar-refractivity contribution in [3.63, 3.8) is 0 Å². The number of hydrogen-bond donors (Lipinski definition) is 5. The predicted octanol–water partition coefficient (Wildman–Crippen LogP) is 5.16. The maximum atomic E-state index is 13.1. The number of methoxy groups -OCH3 is 1. The second kappa shape index (κ2) is 22.5. The number of esters is 2. The normalized spacial score (nSPS) is 15.3. The highest BCUT2D eigenvalue weighted by atomic mass is 32.2. The van der Waals surface area contributed by atoms with Crippen molar-refractivity contribution in [3.05, 3.63) is 134 Å². The lowest BCUT2D eigenvalue weighted by atomic mass is 10.1. The summed E-state index contributed by atoms with van der Waals surface area (Å²) in [6.07, 6.45) is -2.95. The summed E-state index contributed by atoms with van der Waals surface area (Å²) >= 11 is 1.88. The highest BCUT2D eigenvalue weighted by Crippen LogP contribution is 2.30. The molecule has 1 aromatic heterocycles. The minimum atomic E-state index is -1.18. The molecule has 4 aromatic carbocycles. The highest BCUT2D eigenvalue weighted by molar-refractivity contribution is 8.01. The lowest BCUT2D eigenvalue weighted by Gasteiger charge is -2.20. The van der Waals surface area contributed by atoms with Gasteiger partial charge in [-0.05, 0) is 77.2 Å². The molecule has 1 fully saturated rings. The maximum Gasteiger partial charge on any atom is 0.344 e. The van der Waals surface area contributed by atoms with Crippen LogP contribution < -0.4 is 29.2 Å². The van der Waals surface area contributed by atoms with E-state index in [0.29, 0.717) is 45.2 Å². The Balaban J connectivity index is 1.10. The number of carbonyl (C=O) groups excluding carboxylic acids is 3. The van der Waals surface area contributed by atoms with E-state index in [4.69, 9.17) is 38.7 Å². The minimum Gasteiger partial charge on any atom is -0.497 e. The van der Waals surface area contributed by atoms with Crippen LogP contribution in [0.5, 0.6) is 28.9 Å². The topological polar surface area (TPSA) is 256 Å². The molecule has 0 bridgehead atoms. The number of aliphatic hydroxyl groups excluding tert-OH is 1. The molecule has 5 aromatic rings. The van der Waals surface area contributed by atoms with Gasteiger partial charge < -0.3 is 54.3 Å². The highest BCUT2D eigenvalue weighted by Gasteiger charge is 2.31. The van der Waals surface area contributed by atoms with Gasteiger partial charge in [-0.3, -0.25) is 28.8 Å². The third kappa shape index (κ3) is 14.0. The Morgan fingerprint density at radius 2 is 1.23 bits per heavy atom. The van der Waals surface area contributed by atoms with Crippen LogP contribution in [0, 0.1) is 0 Å². The summed E-state index contributed by atoms with van der Waals surface area (Å²) in [5.74, 6) is -3.05. The van der Waals surface area contributed by atoms with Crippen molar-refractivity contribution in [2.45, 2.75) is 61.5 Å². The number of aromatic hydroxyl groups is 1. The van der Waals surface area contributed by atoms with Gasteiger partial charge in [0, 0.05) is 6.42 Å². The quantitative estimate of drug-likeness (QED) is 0.0530. The summed E-state index contributed by atoms with van der Waals surface area (Å²) in [5.41, 5.74) is 1.53. The first kappa shape index (κ1) is 47.4. The number of thiazole rings is 1. The van der Waals surface area contributed by atoms with Crippen LogP contribution in [0.15, 0.2) is 102 Å². The summed E-state index contributed by atoms with van der Waals surface area (Å²) in [6, 6.07) is 26.7. The van der Waals surface area contributed by atoms with Crippen LogP contribution in [0.3, 0.4) is 0 Å². The Hall–Kier alpha value is -7.03. The molecule has 4 unspecified atom stereocenters. The molecule has 20 heteroatoms. The van der Waals surface area contributed by atoms with E-state index in [1.54, 1.807) is 84.9 Å². The lowest BCUT2D eigenvalue weighted by Crippen LogP contribution is -2.27. The second-order valence-electron chi connectivity index (χ2n) is 14.4. The zero-order chi connectivity index (χ0) is 46.5. The van der Waals surface area contributed by atoms with Gasteiger partial charge in [-0.1, -0.05) is 76.4 Å². The fourth-order valence-electron chi connectivity index (χ4n) is 6.33. The maximum absolute atomic E-state index is 13.1. The van der Waals surface area contributed by atoms with E-state index in [0.717, 1.165) is 33.4 Å². The molecular formula is C45H44N2O16S2. The summed E-state index contributed by atoms with van der Waals surface area (Å²) in [6.45, 7) is -0.294. The van der Waals surface area contributed by atoms with Gasteiger partial charge in [-0.15, -0.1) is 0 Å². The van der Waals surface area contributed by atoms with Gasteiger partial charge >= 0.3 is 28.8 Å². The number of carboxylic acid groups (broad SMARTS) is 2. The number of ether oxygens (including phenoxy) is 5. The molecule has 0 spiro atoms. The first-order valence-corrected chi connectivity index (χ1v) is 21.7. The molecule has 65 heavy (non-hydrogen) atoms. The molecule has 1 saturated heterocycles. The molecule has 1 aliphatic rings. The van der Waals surface area contributed by atoms with E-state index in [2.05, 4.69) is 5.32 Å². The number of thioether (sulfide) groups is 1. The molecule has 4 atom stereocenters. The van der Waals surface area contributed by atoms with Crippen molar-refractivity contribution in [3.8, 4) is 28.9 Å². The first-order chi connectivity index (χ1) is 31.2. The van der Waals surface area contributed by atoms with Gasteiger partial charge in [-0.2, -0.15) is 0 Å². The number of rotatable bonds is 23. The van der Waals surface area contributed by atoms with E-state index >= 15 is 0 Å². The van der Waals surface area contributed by atoms with E-state index in [9.17, 15) is 39.0 Å². The van der Waals surface area contributed by atoms with Crippen LogP contribution in [0.1, 0.15) is 65.0 Å². The minimum absolute atomic E-state index is 0.0969. The summed E-state index contributed by atoms with van der Waals surface area (Å²) in [4.78, 5) is 77.9. The lowest BCUT2D eigenvalue weighted by molar-refractivity contribution is -0.154. The zero-order valence-corrected chi connectivity index (χ0v) is 36.3. The number of carboxylic acids is 2. The number of nitrogens with zero attached hydrogens (tertiary/aromatic N) is 1. The molecule has 0 saturated carbocycles. The van der Waals surface area contributed by atoms with Crippen LogP contribution in [0.25, 0.3) is 0 Å². The molecule has 6 rings (SSSR count). The second-order valence-corrected chi connectivity index (χ2v) is 16.7. The molecular weight excluding hydrogens is 889 g/mol. The van der Waals surface area contributed by atoms with E-state index in [1.807, 2.05) is 0 Å². The number of benzene rings is 4. The molecule has 18 nitrogen and oxygen atoms in total. The van der Waals surface area contributed by atoms with Crippen molar-refractivity contribution in [1.82, 2.24) is 10.0 Å². The van der Waals surface area contributed by atoms with E-state index in [1.165, 1.54) is 19.2 Å². The Bertz CT molecular complexity index is 2520. The Morgan fingerprint density at radius 3 is 1.74 bits per heavy atom. The van der Waals surface area contributed by atoms with Crippen molar-refractivity contribution in [2.24, 2.45) is 0 Å². The SMILES string of the molecule is COc1cccc(C(COc2ccc(Cc3sc(=O)n(Oc4cccc(C(COc5ccc(CC6SC(O)NC6=O)cc5)OC(=O)CCC(=O)O)c4)c3O)cc2)OC(=O)CCC(=O)O)c1. The standard InChI is InChI=1S/C45H44N2O16S2/c1-58-32-6-2-4-28(22-32)34(61-40(52)18-16-38(48)49)24-59-31-14-10-27(11-15-31)21-37-43(55)47(45(57)65-37)63-33-7-3-5-29(23-33)35(62-41(53)19-17-39(50)51)25-60-30-12-8-26(9-13-30)20-36-42(54)46-44(56)64-36/h2-15,22-23,34-36,44,55-56H,16-21,24-25H2,1H3,(H,46,54)(H,48,49)(H,50,51). The molecule has 5 N–H and O–H groups in total. The van der Waals surface area contributed by atoms with Crippen LogP contribution in [0.4, 0.5) is 0 Å². The monoisotopic (exact) mass is 932 g/mol. The van der Waals surface area contributed by atoms with Crippen LogP contribution >= 0.6 is 23.1 Å². The number of aliphatic carboxylic acids is 2. The Kier molecular flexibility index (Phi) is 16.5. The van der Waals surface area contributed by atoms with E-state index < -0.39 is 70.5 Å². The molecule has 0 radical (unpaired) electrons. The predicted molar refractivity (Wildman–Crippen MR) is 233 cm³/mol. The zero-order valence-electron chi connectivity index (χ0n) is 34.7. The van der Waals surface area contributed by atoms with Gasteiger partial charge in [0.2, 0.25) is 11.8 Å². The van der Waals surface area contributed by atoms with Gasteiger partial charge in [0.1, 0.15) is 30.5 Å². The average Bonchev–Trinajstić information content (AvgIpc) is 3.75. The van der Waals surface area contributed by atoms with Crippen LogP contribution in [-0.4, -0.2) is 86.1 Å². The van der Waals surface area contributed by atoms with Crippen molar-refractivity contribution in [2.75, 3.05) is 20.3 Å². The van der Waals surface area contributed by atoms with E-state index in [-0.39, 0.29) is 44.1 Å². The van der Waals surface area contributed by atoms with Crippen LogP contribution in [0.2, 0.25) is 0 Å². The average molecular weight is 933 g/mol. The number of carbonyl (C=O) groups is 5. The Labute approximate surface area is 379 Å². The summed E-state index contributed by atoms with van der Waals surface area (Å²) in [7, 11) is 1.50. The molecule has 342 valence electrons. The van der Waals surface area contributed by atoms with Crippen molar-refractivity contribution >= 4 is 52.9 Å². The third-order valence-electron chi connectivity index (χ3n) is 9.63. The number of aromatic nitrogens is 1. The summed E-state index contributed by atoms with van der Waals surface area (Å²) in [5, 5.41) is 40.9. The molecule has 0 aliphatic carbocycles. The van der Waals surface area contributed by atoms with Crippen molar-refractivity contribution < 1.29 is 72.9 Å². The van der Waals surface area contributed by atoms with Crippen molar-refractivity contribution in [1.29, 1.82) is 0 Å². The fraction of sp³-hybridized carbons (Fsp3) is 0.289. The number of aliphatic hydroxyl groups is 1. The number of nitrogens with one attached hydrogen (secondary N) is 1. The largest absolute Gasteiger partial charge is 0.497 e. The fourth-order valence-corrected chi connectivity index (χ4v) is 8.14. The van der Waals surface area contributed by atoms with Crippen LogP contribution in [-0.2, 0) is 46.3 Å². The van der Waals surface area contributed by atoms with Gasteiger partial charge in [-0.25, -0.2) is 0 Å². The molecule has 1 aliphatic heterocycles. The van der Waals surface area contributed by atoms with Gasteiger partial charge in [0.25, 0.3) is 0 Å².